The van der Waals surface area contributed by atoms with Crippen molar-refractivity contribution in [2.24, 2.45) is 0 Å². The predicted molar refractivity (Wildman–Crippen MR) is 97.0 cm³/mol. The average molecular weight is 373 g/mol. The van der Waals surface area contributed by atoms with Crippen LogP contribution in [-0.2, 0) is 14.8 Å². The summed E-state index contributed by atoms with van der Waals surface area (Å²) in [4.78, 5) is 27.5. The minimum absolute atomic E-state index is 0.00268. The number of nitrogens with zero attached hydrogens (tertiary/aromatic N) is 1. The van der Waals surface area contributed by atoms with E-state index < -0.39 is 15.9 Å². The molecule has 1 aliphatic rings. The predicted octanol–water partition coefficient (Wildman–Crippen LogP) is 1.75. The Morgan fingerprint density at radius 1 is 1.04 bits per heavy atom. The van der Waals surface area contributed by atoms with Gasteiger partial charge < -0.3 is 4.90 Å². The zero-order chi connectivity index (χ0) is 18.7. The van der Waals surface area contributed by atoms with Crippen LogP contribution in [0.3, 0.4) is 0 Å². The van der Waals surface area contributed by atoms with Gasteiger partial charge in [-0.2, -0.15) is 0 Å². The second-order valence-electron chi connectivity index (χ2n) is 6.07. The van der Waals surface area contributed by atoms with E-state index in [2.05, 4.69) is 10.3 Å². The summed E-state index contributed by atoms with van der Waals surface area (Å²) in [6.45, 7) is 2.53. The third-order valence-electron chi connectivity index (χ3n) is 4.14. The monoisotopic (exact) mass is 373 g/mol. The summed E-state index contributed by atoms with van der Waals surface area (Å²) in [7, 11) is -3.91. The van der Waals surface area contributed by atoms with Crippen molar-refractivity contribution >= 4 is 27.5 Å². The minimum atomic E-state index is -3.91. The molecule has 1 aliphatic heterocycles. The number of anilines is 1. The van der Waals surface area contributed by atoms with Gasteiger partial charge in [-0.1, -0.05) is 17.7 Å². The van der Waals surface area contributed by atoms with Gasteiger partial charge in [-0.15, -0.1) is 4.83 Å². The summed E-state index contributed by atoms with van der Waals surface area (Å²) in [5, 5.41) is 0. The Balaban J connectivity index is 1.67. The van der Waals surface area contributed by atoms with Gasteiger partial charge in [0.2, 0.25) is 5.91 Å². The number of aryl methyl sites for hydroxylation is 1. The number of hydrazine groups is 1. The van der Waals surface area contributed by atoms with Gasteiger partial charge >= 0.3 is 0 Å². The van der Waals surface area contributed by atoms with Gasteiger partial charge in [0.25, 0.3) is 15.9 Å². The number of amides is 2. The topological polar surface area (TPSA) is 95.6 Å². The number of sulfonamides is 1. The molecule has 0 atom stereocenters. The molecule has 1 saturated heterocycles. The maximum absolute atomic E-state index is 12.3. The molecule has 0 saturated carbocycles. The number of hydrogen-bond donors (Lipinski definition) is 2. The lowest BCUT2D eigenvalue weighted by atomic mass is 10.1. The number of carbonyl (C=O) groups excluding carboxylic acids is 2. The zero-order valence-electron chi connectivity index (χ0n) is 14.2. The van der Waals surface area contributed by atoms with Crippen molar-refractivity contribution in [3.05, 3.63) is 59.7 Å². The summed E-state index contributed by atoms with van der Waals surface area (Å²) in [6, 6.07) is 12.7. The van der Waals surface area contributed by atoms with Crippen molar-refractivity contribution in [3.8, 4) is 0 Å². The lowest BCUT2D eigenvalue weighted by Gasteiger charge is -2.16. The van der Waals surface area contributed by atoms with Crippen LogP contribution < -0.4 is 15.2 Å². The van der Waals surface area contributed by atoms with Crippen LogP contribution in [0.2, 0.25) is 0 Å². The molecule has 26 heavy (non-hydrogen) atoms. The number of hydrogen-bond acceptors (Lipinski definition) is 4. The number of nitrogens with one attached hydrogen (secondary N) is 2. The highest BCUT2D eigenvalue weighted by molar-refractivity contribution is 7.89. The fourth-order valence-electron chi connectivity index (χ4n) is 2.68. The van der Waals surface area contributed by atoms with Gasteiger partial charge in [-0.25, -0.2) is 8.42 Å². The lowest BCUT2D eigenvalue weighted by Crippen LogP contribution is -2.41. The second kappa shape index (κ2) is 7.27. The van der Waals surface area contributed by atoms with Crippen molar-refractivity contribution in [1.82, 2.24) is 10.3 Å². The Hall–Kier alpha value is -2.71. The minimum Gasteiger partial charge on any atom is -0.312 e. The Morgan fingerprint density at radius 3 is 2.27 bits per heavy atom. The first-order chi connectivity index (χ1) is 12.4. The van der Waals surface area contributed by atoms with Crippen LogP contribution in [0.15, 0.2) is 53.4 Å². The Labute approximate surface area is 152 Å². The summed E-state index contributed by atoms with van der Waals surface area (Å²) in [6.07, 6.45) is 1.30. The van der Waals surface area contributed by atoms with Crippen molar-refractivity contribution in [2.75, 3.05) is 11.4 Å². The molecule has 1 fully saturated rings. The molecule has 3 rings (SSSR count). The smallest absolute Gasteiger partial charge is 0.266 e. The molecule has 1 heterocycles. The fourth-order valence-corrected chi connectivity index (χ4v) is 3.52. The Kier molecular flexibility index (Phi) is 5.06. The van der Waals surface area contributed by atoms with Gasteiger partial charge in [0, 0.05) is 24.2 Å². The molecule has 0 bridgehead atoms. The van der Waals surface area contributed by atoms with Crippen LogP contribution >= 0.6 is 0 Å². The summed E-state index contributed by atoms with van der Waals surface area (Å²) < 4.78 is 24.6. The highest BCUT2D eigenvalue weighted by Crippen LogP contribution is 2.22. The number of benzene rings is 2. The third-order valence-corrected chi connectivity index (χ3v) is 5.41. The quantitative estimate of drug-likeness (QED) is 0.781. The lowest BCUT2D eigenvalue weighted by molar-refractivity contribution is -0.117. The van der Waals surface area contributed by atoms with E-state index in [1.165, 1.54) is 12.1 Å². The van der Waals surface area contributed by atoms with Crippen molar-refractivity contribution in [2.45, 2.75) is 24.7 Å². The molecule has 0 radical (unpaired) electrons. The largest absolute Gasteiger partial charge is 0.312 e. The van der Waals surface area contributed by atoms with E-state index in [1.807, 2.05) is 6.92 Å². The highest BCUT2D eigenvalue weighted by atomic mass is 32.2. The van der Waals surface area contributed by atoms with Crippen LogP contribution in [0.25, 0.3) is 0 Å². The van der Waals surface area contributed by atoms with Gasteiger partial charge in [0.05, 0.1) is 4.90 Å². The van der Waals surface area contributed by atoms with Crippen molar-refractivity contribution in [3.63, 3.8) is 0 Å². The summed E-state index contributed by atoms with van der Waals surface area (Å²) >= 11 is 0. The molecule has 2 aromatic carbocycles. The van der Waals surface area contributed by atoms with Gasteiger partial charge in [0.15, 0.2) is 0 Å². The summed E-state index contributed by atoms with van der Waals surface area (Å²) in [5.74, 6) is -0.517. The summed E-state index contributed by atoms with van der Waals surface area (Å²) in [5.41, 5.74) is 4.20. The second-order valence-corrected chi connectivity index (χ2v) is 7.75. The van der Waals surface area contributed by atoms with Gasteiger partial charge in [0.1, 0.15) is 0 Å². The SMILES string of the molecule is Cc1ccc(C(=O)NNS(=O)(=O)c2ccc(N3CCCC3=O)cc2)cc1. The van der Waals surface area contributed by atoms with Crippen LogP contribution in [0.4, 0.5) is 5.69 Å². The maximum atomic E-state index is 12.3. The Morgan fingerprint density at radius 2 is 1.69 bits per heavy atom. The molecular formula is C18H19N3O4S. The molecule has 136 valence electrons. The van der Waals surface area contributed by atoms with Crippen LogP contribution in [0.1, 0.15) is 28.8 Å². The van der Waals surface area contributed by atoms with E-state index in [9.17, 15) is 18.0 Å². The van der Waals surface area contributed by atoms with E-state index in [4.69, 9.17) is 0 Å². The maximum Gasteiger partial charge on any atom is 0.266 e. The Bertz CT molecular complexity index is 922. The van der Waals surface area contributed by atoms with E-state index in [0.29, 0.717) is 24.2 Å². The van der Waals surface area contributed by atoms with E-state index >= 15 is 0 Å². The molecule has 2 aromatic rings. The first-order valence-corrected chi connectivity index (χ1v) is 9.64. The first-order valence-electron chi connectivity index (χ1n) is 8.16. The highest BCUT2D eigenvalue weighted by Gasteiger charge is 2.22. The molecule has 8 heteroatoms. The molecule has 0 aliphatic carbocycles. The van der Waals surface area contributed by atoms with Crippen LogP contribution in [0, 0.1) is 6.92 Å². The van der Waals surface area contributed by atoms with Gasteiger partial charge in [-0.05, 0) is 49.7 Å². The first kappa shape index (κ1) is 18.1. The molecule has 2 amide bonds. The molecule has 0 spiro atoms. The van der Waals surface area contributed by atoms with Crippen LogP contribution in [-0.4, -0.2) is 26.8 Å². The third kappa shape index (κ3) is 3.92. The number of carbonyl (C=O) groups is 2. The fraction of sp³-hybridized carbons (Fsp3) is 0.222. The zero-order valence-corrected chi connectivity index (χ0v) is 15.0. The van der Waals surface area contributed by atoms with E-state index in [-0.39, 0.29) is 10.8 Å². The molecule has 0 unspecified atom stereocenters. The standard InChI is InChI=1S/C18H19N3O4S/c1-13-4-6-14(7-5-13)18(23)19-20-26(24,25)16-10-8-15(9-11-16)21-12-2-3-17(21)22/h4-11,20H,2-3,12H2,1H3,(H,19,23). The van der Waals surface area contributed by atoms with Crippen LogP contribution in [0.5, 0.6) is 0 Å². The molecule has 2 N–H and O–H groups in total. The van der Waals surface area contributed by atoms with Crippen molar-refractivity contribution < 1.29 is 18.0 Å². The van der Waals surface area contributed by atoms with Gasteiger partial charge in [-0.3, -0.25) is 15.0 Å². The normalized spacial score (nSPS) is 14.5. The average Bonchev–Trinajstić information content (AvgIpc) is 3.06. The molecule has 0 aromatic heterocycles. The molecular weight excluding hydrogens is 354 g/mol. The molecule has 7 nitrogen and oxygen atoms in total. The van der Waals surface area contributed by atoms with E-state index in [1.54, 1.807) is 41.3 Å². The van der Waals surface area contributed by atoms with E-state index in [0.717, 1.165) is 12.0 Å². The number of rotatable bonds is 5. The van der Waals surface area contributed by atoms with Crippen molar-refractivity contribution in [1.29, 1.82) is 0 Å².